The van der Waals surface area contributed by atoms with Gasteiger partial charge >= 0.3 is 5.97 Å². The number of rotatable bonds is 9. The van der Waals surface area contributed by atoms with Crippen molar-refractivity contribution in [1.29, 1.82) is 0 Å². The molecule has 0 saturated carbocycles. The maximum absolute atomic E-state index is 12.6. The number of aromatic nitrogens is 1. The van der Waals surface area contributed by atoms with Crippen LogP contribution in [-0.2, 0) is 22.4 Å². The van der Waals surface area contributed by atoms with Crippen LogP contribution in [0.25, 0.3) is 0 Å². The topological polar surface area (TPSA) is 102 Å². The summed E-state index contributed by atoms with van der Waals surface area (Å²) in [5, 5.41) is 12.1. The van der Waals surface area contributed by atoms with Crippen LogP contribution < -0.4 is 5.32 Å². The lowest BCUT2D eigenvalue weighted by Crippen LogP contribution is -2.42. The lowest BCUT2D eigenvalue weighted by molar-refractivity contribution is -0.136. The molecule has 2 aromatic rings. The van der Waals surface area contributed by atoms with Crippen LogP contribution in [0.5, 0.6) is 0 Å². The number of ether oxygens (including phenoxy) is 1. The normalized spacial score (nSPS) is 24.6. The van der Waals surface area contributed by atoms with Crippen molar-refractivity contribution in [3.05, 3.63) is 53.2 Å². The van der Waals surface area contributed by atoms with Gasteiger partial charge in [0, 0.05) is 17.9 Å². The molecule has 2 N–H and O–H groups in total. The molecule has 4 rings (SSSR count). The van der Waals surface area contributed by atoms with Crippen molar-refractivity contribution in [2.24, 2.45) is 5.92 Å². The molecule has 0 radical (unpaired) electrons. The first-order chi connectivity index (χ1) is 15.3. The fraction of sp³-hybridized carbons (Fsp3) is 0.560. The number of oxazole rings is 1. The number of carboxylic acid groups (broad SMARTS) is 1. The zero-order chi connectivity index (χ0) is 22.9. The molecule has 7 heteroatoms. The van der Waals surface area contributed by atoms with E-state index in [0.717, 1.165) is 36.8 Å². The highest BCUT2D eigenvalue weighted by atomic mass is 16.5. The fourth-order valence-electron chi connectivity index (χ4n) is 4.88. The van der Waals surface area contributed by atoms with Gasteiger partial charge in [0.05, 0.1) is 18.1 Å². The van der Waals surface area contributed by atoms with E-state index in [4.69, 9.17) is 14.3 Å². The van der Waals surface area contributed by atoms with Gasteiger partial charge in [0.1, 0.15) is 6.26 Å². The number of carbonyl (C=O) groups excluding carboxylic acids is 1. The zero-order valence-corrected chi connectivity index (χ0v) is 19.0. The number of fused-ring (bicyclic) bond motifs is 2. The Kier molecular flexibility index (Phi) is 6.38. The van der Waals surface area contributed by atoms with E-state index in [1.807, 2.05) is 39.0 Å². The third-order valence-corrected chi connectivity index (χ3v) is 6.98. The number of aliphatic carboxylic acids is 1. The van der Waals surface area contributed by atoms with Crippen molar-refractivity contribution in [2.45, 2.75) is 83.0 Å². The third-order valence-electron chi connectivity index (χ3n) is 6.98. The van der Waals surface area contributed by atoms with Crippen molar-refractivity contribution in [3.8, 4) is 0 Å². The van der Waals surface area contributed by atoms with Crippen molar-refractivity contribution < 1.29 is 23.8 Å². The van der Waals surface area contributed by atoms with E-state index < -0.39 is 5.97 Å². The lowest BCUT2D eigenvalue weighted by Gasteiger charge is -2.26. The van der Waals surface area contributed by atoms with Crippen LogP contribution in [0.3, 0.4) is 0 Å². The Bertz CT molecular complexity index is 982. The summed E-state index contributed by atoms with van der Waals surface area (Å²) in [5.74, 6) is -0.294. The average Bonchev–Trinajstić information content (AvgIpc) is 3.49. The standard InChI is InChI=1S/C25H32N2O5/c1-4-25(2,3)27-23(30)18-14-31-24(26-18)22-17(19-10-11-20(22)32-19)13-16-8-6-5-7-15(16)9-12-21(28)29/h5-8,14,17,19-20,22H,4,9-13H2,1-3H3,(H,27,30)(H,28,29)/t17-,19-,20+,22-/m0/s1. The van der Waals surface area contributed by atoms with Crippen molar-refractivity contribution >= 4 is 11.9 Å². The van der Waals surface area contributed by atoms with E-state index >= 15 is 0 Å². The Hall–Kier alpha value is -2.67. The average molecular weight is 441 g/mol. The number of hydrogen-bond acceptors (Lipinski definition) is 5. The van der Waals surface area contributed by atoms with Gasteiger partial charge in [-0.2, -0.15) is 0 Å². The molecule has 2 aliphatic heterocycles. The molecule has 0 aliphatic carbocycles. The van der Waals surface area contributed by atoms with Crippen molar-refractivity contribution in [1.82, 2.24) is 10.3 Å². The van der Waals surface area contributed by atoms with Gasteiger partial charge in [-0.05, 0) is 57.1 Å². The Morgan fingerprint density at radius 1 is 1.19 bits per heavy atom. The molecule has 1 aromatic carbocycles. The molecule has 7 nitrogen and oxygen atoms in total. The molecular weight excluding hydrogens is 408 g/mol. The molecule has 1 aromatic heterocycles. The van der Waals surface area contributed by atoms with Crippen LogP contribution in [0.2, 0.25) is 0 Å². The number of hydrogen-bond donors (Lipinski definition) is 2. The van der Waals surface area contributed by atoms with Gasteiger partial charge in [0.25, 0.3) is 5.91 Å². The minimum Gasteiger partial charge on any atom is -0.481 e. The van der Waals surface area contributed by atoms with E-state index in [0.29, 0.717) is 18.0 Å². The van der Waals surface area contributed by atoms with Gasteiger partial charge < -0.3 is 19.6 Å². The molecule has 0 spiro atoms. The Morgan fingerprint density at radius 2 is 1.91 bits per heavy atom. The number of benzene rings is 1. The van der Waals surface area contributed by atoms with E-state index in [1.165, 1.54) is 6.26 Å². The van der Waals surface area contributed by atoms with E-state index in [9.17, 15) is 9.59 Å². The summed E-state index contributed by atoms with van der Waals surface area (Å²) in [7, 11) is 0. The van der Waals surface area contributed by atoms with Gasteiger partial charge in [-0.15, -0.1) is 0 Å². The molecule has 4 atom stereocenters. The van der Waals surface area contributed by atoms with Crippen molar-refractivity contribution in [3.63, 3.8) is 0 Å². The molecule has 2 bridgehead atoms. The molecule has 1 amide bonds. The maximum atomic E-state index is 12.6. The second kappa shape index (κ2) is 9.06. The summed E-state index contributed by atoms with van der Waals surface area (Å²) in [6, 6.07) is 8.02. The quantitative estimate of drug-likeness (QED) is 0.608. The summed E-state index contributed by atoms with van der Waals surface area (Å²) in [6.07, 6.45) is 5.77. The second-order valence-corrected chi connectivity index (χ2v) is 9.61. The fourth-order valence-corrected chi connectivity index (χ4v) is 4.88. The van der Waals surface area contributed by atoms with Crippen LogP contribution in [0, 0.1) is 5.92 Å². The molecule has 0 unspecified atom stereocenters. The van der Waals surface area contributed by atoms with E-state index in [2.05, 4.69) is 16.4 Å². The number of carboxylic acids is 1. The summed E-state index contributed by atoms with van der Waals surface area (Å²) >= 11 is 0. The van der Waals surface area contributed by atoms with Crippen LogP contribution in [0.4, 0.5) is 0 Å². The van der Waals surface area contributed by atoms with Crippen LogP contribution in [0.15, 0.2) is 34.9 Å². The summed E-state index contributed by atoms with van der Waals surface area (Å²) in [4.78, 5) is 28.3. The van der Waals surface area contributed by atoms with Crippen molar-refractivity contribution in [2.75, 3.05) is 0 Å². The number of carbonyl (C=O) groups is 2. The molecule has 32 heavy (non-hydrogen) atoms. The Morgan fingerprint density at radius 3 is 2.62 bits per heavy atom. The molecular formula is C25H32N2O5. The minimum absolute atomic E-state index is 0.0120. The minimum atomic E-state index is -0.794. The van der Waals surface area contributed by atoms with E-state index in [-0.39, 0.29) is 41.9 Å². The number of nitrogens with zero attached hydrogens (tertiary/aromatic N) is 1. The highest BCUT2D eigenvalue weighted by Crippen LogP contribution is 2.50. The van der Waals surface area contributed by atoms with Gasteiger partial charge in [-0.1, -0.05) is 31.2 Å². The summed E-state index contributed by atoms with van der Waals surface area (Å²) in [5.41, 5.74) is 2.19. The second-order valence-electron chi connectivity index (χ2n) is 9.61. The monoisotopic (exact) mass is 440 g/mol. The smallest absolute Gasteiger partial charge is 0.303 e. The predicted octanol–water partition coefficient (Wildman–Crippen LogP) is 4.11. The number of nitrogens with one attached hydrogen (secondary N) is 1. The SMILES string of the molecule is CCC(C)(C)NC(=O)c1coc([C@H]2[C@@H](Cc3ccccc3CCC(=O)O)[C@@H]3CC[C@H]2O3)n1. The van der Waals surface area contributed by atoms with Gasteiger partial charge in [-0.3, -0.25) is 9.59 Å². The Balaban J connectivity index is 1.53. The highest BCUT2D eigenvalue weighted by molar-refractivity contribution is 5.92. The first-order valence-electron chi connectivity index (χ1n) is 11.5. The molecule has 2 aliphatic rings. The third kappa shape index (κ3) is 4.72. The maximum Gasteiger partial charge on any atom is 0.303 e. The molecule has 2 fully saturated rings. The van der Waals surface area contributed by atoms with Gasteiger partial charge in [0.2, 0.25) is 5.89 Å². The van der Waals surface area contributed by atoms with Crippen LogP contribution >= 0.6 is 0 Å². The van der Waals surface area contributed by atoms with Crippen LogP contribution in [-0.4, -0.2) is 39.7 Å². The number of aryl methyl sites for hydroxylation is 1. The highest BCUT2D eigenvalue weighted by Gasteiger charge is 2.51. The lowest BCUT2D eigenvalue weighted by atomic mass is 9.75. The first kappa shape index (κ1) is 22.5. The molecule has 3 heterocycles. The molecule has 172 valence electrons. The zero-order valence-electron chi connectivity index (χ0n) is 19.0. The summed E-state index contributed by atoms with van der Waals surface area (Å²) < 4.78 is 12.1. The Labute approximate surface area is 188 Å². The number of amides is 1. The predicted molar refractivity (Wildman–Crippen MR) is 119 cm³/mol. The molecule has 2 saturated heterocycles. The summed E-state index contributed by atoms with van der Waals surface area (Å²) in [6.45, 7) is 5.99. The largest absolute Gasteiger partial charge is 0.481 e. The van der Waals surface area contributed by atoms with E-state index in [1.54, 1.807) is 0 Å². The van der Waals surface area contributed by atoms with Gasteiger partial charge in [-0.25, -0.2) is 4.98 Å². The van der Waals surface area contributed by atoms with Crippen LogP contribution in [0.1, 0.15) is 79.9 Å². The van der Waals surface area contributed by atoms with Gasteiger partial charge in [0.15, 0.2) is 5.69 Å². The first-order valence-corrected chi connectivity index (χ1v) is 11.5.